The van der Waals surface area contributed by atoms with E-state index in [1.807, 2.05) is 31.2 Å². The SMILES string of the molecule is [2H]C([2H])([2H])c1c[n+](C)c(-c2ccccc2C)cc1-c1cc(C([2H])([2H])[2H])c(C2([2H])CCCCC2)c(C([2H])([2H])[2H])c1. The molecule has 29 heavy (non-hydrogen) atoms. The predicted octanol–water partition coefficient (Wildman–Crippen LogP) is 7.13. The number of benzene rings is 2. The number of nitrogens with zero attached hydrogens (tertiary/aromatic N) is 1. The highest BCUT2D eigenvalue weighted by Gasteiger charge is 2.21. The first-order chi connectivity index (χ1) is 17.9. The van der Waals surface area contributed by atoms with E-state index < -0.39 is 26.4 Å². The Bertz CT molecular complexity index is 1340. The molecule has 0 atom stereocenters. The van der Waals surface area contributed by atoms with E-state index >= 15 is 0 Å². The lowest BCUT2D eigenvalue weighted by Gasteiger charge is -2.26. The minimum absolute atomic E-state index is 0.0127. The number of rotatable bonds is 3. The molecule has 150 valence electrons. The monoisotopic (exact) mass is 394 g/mol. The molecule has 0 unspecified atom stereocenters. The molecular weight excluding hydrogens is 350 g/mol. The lowest BCUT2D eigenvalue weighted by molar-refractivity contribution is -0.660. The Morgan fingerprint density at radius 1 is 0.862 bits per heavy atom. The lowest BCUT2D eigenvalue weighted by Crippen LogP contribution is -2.31. The summed E-state index contributed by atoms with van der Waals surface area (Å²) in [5, 5.41) is 0. The fourth-order valence-electron chi connectivity index (χ4n) is 4.42. The smallest absolute Gasteiger partial charge is 0.201 e. The quantitative estimate of drug-likeness (QED) is 0.416. The number of hydrogen-bond acceptors (Lipinski definition) is 0. The van der Waals surface area contributed by atoms with Gasteiger partial charge in [-0.15, -0.1) is 0 Å². The van der Waals surface area contributed by atoms with E-state index in [4.69, 9.17) is 12.3 Å². The second-order valence-electron chi connectivity index (χ2n) is 8.02. The van der Waals surface area contributed by atoms with E-state index in [9.17, 15) is 1.37 Å². The Labute approximate surface area is 190 Å². The molecule has 1 nitrogen and oxygen atoms in total. The summed E-state index contributed by atoms with van der Waals surface area (Å²) in [5.74, 6) is -1.34. The average Bonchev–Trinajstić information content (AvgIpc) is 2.82. The second kappa shape index (κ2) is 8.14. The summed E-state index contributed by atoms with van der Waals surface area (Å²) in [7, 11) is 1.75. The summed E-state index contributed by atoms with van der Waals surface area (Å²) in [6.07, 6.45) is 4.59. The Morgan fingerprint density at radius 3 is 2.21 bits per heavy atom. The maximum Gasteiger partial charge on any atom is 0.213 e. The zero-order valence-corrected chi connectivity index (χ0v) is 17.1. The number of hydrogen-bond donors (Lipinski definition) is 0. The first-order valence-electron chi connectivity index (χ1n) is 15.2. The van der Waals surface area contributed by atoms with Gasteiger partial charge in [-0.3, -0.25) is 0 Å². The predicted molar refractivity (Wildman–Crippen MR) is 123 cm³/mol. The molecule has 0 N–H and O–H groups in total. The van der Waals surface area contributed by atoms with E-state index in [-0.39, 0.29) is 33.4 Å². The zero-order valence-electron chi connectivity index (χ0n) is 27.1. The van der Waals surface area contributed by atoms with Crippen molar-refractivity contribution >= 4 is 0 Å². The van der Waals surface area contributed by atoms with Gasteiger partial charge in [0.2, 0.25) is 5.69 Å². The highest BCUT2D eigenvalue weighted by Crippen LogP contribution is 2.38. The van der Waals surface area contributed by atoms with Crippen LogP contribution in [0.3, 0.4) is 0 Å². The van der Waals surface area contributed by atoms with Gasteiger partial charge in [0, 0.05) is 30.9 Å². The fraction of sp³-hybridized carbons (Fsp3) is 0.393. The fourth-order valence-corrected chi connectivity index (χ4v) is 4.42. The van der Waals surface area contributed by atoms with Gasteiger partial charge in [-0.1, -0.05) is 49.6 Å². The molecule has 1 heteroatoms. The van der Waals surface area contributed by atoms with Gasteiger partial charge < -0.3 is 0 Å². The van der Waals surface area contributed by atoms with E-state index in [0.717, 1.165) is 17.5 Å². The molecule has 1 heterocycles. The molecule has 0 saturated heterocycles. The van der Waals surface area contributed by atoms with Crippen LogP contribution in [0, 0.1) is 27.5 Å². The van der Waals surface area contributed by atoms with Crippen LogP contribution in [0.2, 0.25) is 0 Å². The summed E-state index contributed by atoms with van der Waals surface area (Å²) in [5.41, 5.74) is 2.65. The van der Waals surface area contributed by atoms with Gasteiger partial charge in [0.1, 0.15) is 7.05 Å². The van der Waals surface area contributed by atoms with Crippen molar-refractivity contribution in [1.29, 1.82) is 0 Å². The van der Waals surface area contributed by atoms with Gasteiger partial charge in [-0.2, -0.15) is 0 Å². The minimum Gasteiger partial charge on any atom is -0.201 e. The third-order valence-corrected chi connectivity index (χ3v) is 5.96. The Hall–Kier alpha value is -2.41. The van der Waals surface area contributed by atoms with Gasteiger partial charge in [-0.25, -0.2) is 4.57 Å². The third kappa shape index (κ3) is 3.88. The Kier molecular flexibility index (Phi) is 3.12. The normalized spacial score (nSPS) is 22.4. The molecule has 1 fully saturated rings. The first-order valence-corrected chi connectivity index (χ1v) is 10.2. The standard InChI is InChI=1S/C28H34N/c1-19-11-9-10-14-25(19)27-17-26(22(4)18-29(27)5)24-15-20(2)28(21(3)16-24)23-12-7-6-8-13-23/h9-11,14-18,23H,6-8,12-13H2,1-5H3/q+1/i2D3,3D3,4D3,23D. The number of aryl methyl sites for hydroxylation is 5. The van der Waals surface area contributed by atoms with Gasteiger partial charge in [0.25, 0.3) is 0 Å². The van der Waals surface area contributed by atoms with Crippen molar-refractivity contribution in [3.63, 3.8) is 0 Å². The van der Waals surface area contributed by atoms with Crippen LogP contribution in [0.25, 0.3) is 22.4 Å². The van der Waals surface area contributed by atoms with Crippen LogP contribution in [0.15, 0.2) is 48.7 Å². The highest BCUT2D eigenvalue weighted by atomic mass is 14.9. The van der Waals surface area contributed by atoms with Crippen LogP contribution in [-0.4, -0.2) is 0 Å². The molecule has 1 aliphatic rings. The van der Waals surface area contributed by atoms with E-state index in [1.165, 1.54) is 18.3 Å². The molecule has 0 spiro atoms. The van der Waals surface area contributed by atoms with Gasteiger partial charge >= 0.3 is 0 Å². The van der Waals surface area contributed by atoms with E-state index in [0.29, 0.717) is 31.4 Å². The summed E-state index contributed by atoms with van der Waals surface area (Å²) >= 11 is 0. The topological polar surface area (TPSA) is 3.88 Å². The van der Waals surface area contributed by atoms with E-state index in [1.54, 1.807) is 17.7 Å². The molecule has 1 saturated carbocycles. The molecule has 4 rings (SSSR count). The summed E-state index contributed by atoms with van der Waals surface area (Å²) < 4.78 is 85.7. The van der Waals surface area contributed by atoms with Gasteiger partial charge in [0.15, 0.2) is 6.20 Å². The second-order valence-corrected chi connectivity index (χ2v) is 8.02. The maximum absolute atomic E-state index is 9.22. The molecule has 0 amide bonds. The van der Waals surface area contributed by atoms with Crippen LogP contribution in [0.1, 0.15) is 79.5 Å². The van der Waals surface area contributed by atoms with Crippen LogP contribution in [-0.2, 0) is 7.05 Å². The molecule has 2 aromatic carbocycles. The molecule has 0 bridgehead atoms. The van der Waals surface area contributed by atoms with E-state index in [2.05, 4.69) is 0 Å². The lowest BCUT2D eigenvalue weighted by atomic mass is 9.79. The largest absolute Gasteiger partial charge is 0.213 e. The zero-order chi connectivity index (χ0) is 29.0. The Balaban J connectivity index is 2.12. The highest BCUT2D eigenvalue weighted by molar-refractivity contribution is 5.74. The molecule has 1 aliphatic carbocycles. The van der Waals surface area contributed by atoms with Crippen molar-refractivity contribution in [2.45, 2.75) is 65.5 Å². The van der Waals surface area contributed by atoms with Crippen LogP contribution in [0.4, 0.5) is 0 Å². The molecule has 0 radical (unpaired) electrons. The van der Waals surface area contributed by atoms with Crippen LogP contribution < -0.4 is 4.57 Å². The van der Waals surface area contributed by atoms with Gasteiger partial charge in [0.05, 0.1) is 0 Å². The minimum atomic E-state index is -2.70. The van der Waals surface area contributed by atoms with Crippen molar-refractivity contribution in [1.82, 2.24) is 0 Å². The third-order valence-electron chi connectivity index (χ3n) is 5.96. The molecule has 1 aromatic heterocycles. The summed E-state index contributed by atoms with van der Waals surface area (Å²) in [4.78, 5) is 0. The summed E-state index contributed by atoms with van der Waals surface area (Å²) in [6.45, 7) is -6.00. The molecule has 3 aromatic rings. The van der Waals surface area contributed by atoms with Crippen molar-refractivity contribution in [3.8, 4) is 22.4 Å². The summed E-state index contributed by atoms with van der Waals surface area (Å²) in [6, 6.07) is 12.1. The van der Waals surface area contributed by atoms with Crippen molar-refractivity contribution in [3.05, 3.63) is 76.5 Å². The Morgan fingerprint density at radius 2 is 1.55 bits per heavy atom. The molecular formula is C28H34N+. The van der Waals surface area contributed by atoms with Crippen molar-refractivity contribution < 1.29 is 18.3 Å². The number of pyridine rings is 1. The first kappa shape index (κ1) is 11.1. The van der Waals surface area contributed by atoms with Crippen molar-refractivity contribution in [2.75, 3.05) is 0 Å². The average molecular weight is 395 g/mol. The maximum atomic E-state index is 9.22. The van der Waals surface area contributed by atoms with Gasteiger partial charge in [-0.05, 0) is 85.7 Å². The van der Waals surface area contributed by atoms with Crippen LogP contribution >= 0.6 is 0 Å². The van der Waals surface area contributed by atoms with Crippen molar-refractivity contribution in [2.24, 2.45) is 7.05 Å². The molecule has 0 aliphatic heterocycles. The number of aromatic nitrogens is 1. The van der Waals surface area contributed by atoms with Crippen LogP contribution in [0.5, 0.6) is 0 Å².